The lowest BCUT2D eigenvalue weighted by Crippen LogP contribution is -2.55. The van der Waals surface area contributed by atoms with Crippen molar-refractivity contribution < 1.29 is 14.7 Å². The van der Waals surface area contributed by atoms with E-state index in [9.17, 15) is 14.7 Å². The van der Waals surface area contributed by atoms with Crippen LogP contribution in [-0.4, -0.2) is 53.7 Å². The summed E-state index contributed by atoms with van der Waals surface area (Å²) in [6.07, 6.45) is 3.44. The van der Waals surface area contributed by atoms with Gasteiger partial charge in [-0.25, -0.2) is 9.59 Å². The number of nitrogens with one attached hydrogen (secondary N) is 2. The van der Waals surface area contributed by atoms with Crippen molar-refractivity contribution in [2.75, 3.05) is 19.6 Å². The molecule has 1 heterocycles. The number of urea groups is 1. The molecule has 1 fully saturated rings. The van der Waals surface area contributed by atoms with Crippen molar-refractivity contribution in [2.24, 2.45) is 5.92 Å². The van der Waals surface area contributed by atoms with Crippen LogP contribution in [0.1, 0.15) is 46.5 Å². The highest BCUT2D eigenvalue weighted by Crippen LogP contribution is 2.14. The smallest absolute Gasteiger partial charge is 0.326 e. The topological polar surface area (TPSA) is 81.7 Å². The first-order valence-corrected chi connectivity index (χ1v) is 8.01. The van der Waals surface area contributed by atoms with E-state index in [-0.39, 0.29) is 18.0 Å². The average molecular weight is 299 g/mol. The molecule has 0 aromatic carbocycles. The Morgan fingerprint density at radius 3 is 2.43 bits per heavy atom. The number of piperidine rings is 1. The Morgan fingerprint density at radius 1 is 1.33 bits per heavy atom. The molecule has 0 radical (unpaired) electrons. The van der Waals surface area contributed by atoms with Crippen LogP contribution in [0.4, 0.5) is 4.79 Å². The molecule has 0 aromatic rings. The number of hydrogen-bond donors (Lipinski definition) is 3. The summed E-state index contributed by atoms with van der Waals surface area (Å²) in [5, 5.41) is 15.3. The van der Waals surface area contributed by atoms with Gasteiger partial charge in [-0.15, -0.1) is 0 Å². The maximum absolute atomic E-state index is 12.5. The van der Waals surface area contributed by atoms with Gasteiger partial charge in [-0.3, -0.25) is 0 Å². The van der Waals surface area contributed by atoms with E-state index >= 15 is 0 Å². The summed E-state index contributed by atoms with van der Waals surface area (Å²) in [4.78, 5) is 25.7. The quantitative estimate of drug-likeness (QED) is 0.668. The summed E-state index contributed by atoms with van der Waals surface area (Å²) in [6, 6.07) is -0.849. The Hall–Kier alpha value is -1.30. The lowest BCUT2D eigenvalue weighted by molar-refractivity contribution is -0.140. The number of hydrogen-bond acceptors (Lipinski definition) is 3. The van der Waals surface area contributed by atoms with Crippen LogP contribution in [-0.2, 0) is 4.79 Å². The minimum absolute atomic E-state index is 0.0806. The second kappa shape index (κ2) is 8.87. The average Bonchev–Trinajstić information content (AvgIpc) is 2.49. The molecule has 2 amide bonds. The van der Waals surface area contributed by atoms with Crippen molar-refractivity contribution in [2.45, 2.75) is 58.5 Å². The predicted molar refractivity (Wildman–Crippen MR) is 82.3 cm³/mol. The van der Waals surface area contributed by atoms with E-state index < -0.39 is 12.0 Å². The van der Waals surface area contributed by atoms with Crippen LogP contribution < -0.4 is 10.6 Å². The minimum atomic E-state index is -0.959. The van der Waals surface area contributed by atoms with Crippen molar-refractivity contribution in [1.82, 2.24) is 15.5 Å². The predicted octanol–water partition coefficient (Wildman–Crippen LogP) is 1.66. The van der Waals surface area contributed by atoms with Gasteiger partial charge in [0.25, 0.3) is 0 Å². The first-order valence-electron chi connectivity index (χ1n) is 8.01. The summed E-state index contributed by atoms with van der Waals surface area (Å²) in [7, 11) is 0. The third kappa shape index (κ3) is 5.19. The molecule has 1 rings (SSSR count). The maximum atomic E-state index is 12.5. The monoisotopic (exact) mass is 299 g/mol. The molecule has 1 saturated heterocycles. The Bertz CT molecular complexity index is 343. The van der Waals surface area contributed by atoms with Gasteiger partial charge in [0.1, 0.15) is 6.04 Å². The zero-order chi connectivity index (χ0) is 15.8. The van der Waals surface area contributed by atoms with E-state index in [0.29, 0.717) is 6.54 Å². The first-order chi connectivity index (χ1) is 10.0. The summed E-state index contributed by atoms with van der Waals surface area (Å²) in [5.74, 6) is -1.04. The van der Waals surface area contributed by atoms with Gasteiger partial charge in [0.2, 0.25) is 0 Å². The number of carbonyl (C=O) groups excluding carboxylic acids is 1. The normalized spacial score (nSPS) is 18.8. The molecule has 0 aliphatic carbocycles. The zero-order valence-corrected chi connectivity index (χ0v) is 13.4. The molecule has 0 saturated carbocycles. The van der Waals surface area contributed by atoms with Crippen molar-refractivity contribution in [3.63, 3.8) is 0 Å². The summed E-state index contributed by atoms with van der Waals surface area (Å²) >= 11 is 0. The van der Waals surface area contributed by atoms with Crippen molar-refractivity contribution in [3.05, 3.63) is 0 Å². The molecule has 2 atom stereocenters. The highest BCUT2D eigenvalue weighted by Gasteiger charge is 2.30. The SMILES string of the molecule is CCCN(C(=O)N[C@H](C(=O)O)[C@@H](C)CC)C1CCNCC1. The van der Waals surface area contributed by atoms with Crippen LogP contribution in [0.5, 0.6) is 0 Å². The Labute approximate surface area is 127 Å². The molecule has 0 bridgehead atoms. The lowest BCUT2D eigenvalue weighted by atomic mass is 9.99. The van der Waals surface area contributed by atoms with Gasteiger partial charge in [-0.2, -0.15) is 0 Å². The summed E-state index contributed by atoms with van der Waals surface area (Å²) in [5.41, 5.74) is 0. The molecule has 3 N–H and O–H groups in total. The van der Waals surface area contributed by atoms with E-state index in [1.807, 2.05) is 25.7 Å². The first kappa shape index (κ1) is 17.8. The number of carboxylic acids is 1. The standard InChI is InChI=1S/C15H29N3O3/c1-4-10-18(12-6-8-16-9-7-12)15(21)17-13(14(19)20)11(3)5-2/h11-13,16H,4-10H2,1-3H3,(H,17,21)(H,19,20)/t11-,13-/m0/s1. The number of carboxylic acid groups (broad SMARTS) is 1. The van der Waals surface area contributed by atoms with Crippen molar-refractivity contribution in [1.29, 1.82) is 0 Å². The Balaban J connectivity index is 2.72. The molecule has 0 unspecified atom stereocenters. The fraction of sp³-hybridized carbons (Fsp3) is 0.867. The van der Waals surface area contributed by atoms with Crippen LogP contribution in [0.3, 0.4) is 0 Å². The number of amides is 2. The van der Waals surface area contributed by atoms with Gasteiger partial charge in [0.05, 0.1) is 0 Å². The lowest BCUT2D eigenvalue weighted by Gasteiger charge is -2.35. The highest BCUT2D eigenvalue weighted by atomic mass is 16.4. The van der Waals surface area contributed by atoms with Crippen molar-refractivity contribution in [3.8, 4) is 0 Å². The van der Waals surface area contributed by atoms with E-state index in [1.165, 1.54) is 0 Å². The Kier molecular flexibility index (Phi) is 7.50. The zero-order valence-electron chi connectivity index (χ0n) is 13.4. The number of nitrogens with zero attached hydrogens (tertiary/aromatic N) is 1. The summed E-state index contributed by atoms with van der Waals surface area (Å²) in [6.45, 7) is 8.31. The Morgan fingerprint density at radius 2 is 1.95 bits per heavy atom. The van der Waals surface area contributed by atoms with Crippen LogP contribution in [0, 0.1) is 5.92 Å². The largest absolute Gasteiger partial charge is 0.480 e. The summed E-state index contributed by atoms with van der Waals surface area (Å²) < 4.78 is 0. The molecule has 1 aliphatic rings. The molecule has 0 aromatic heterocycles. The van der Waals surface area contributed by atoms with Gasteiger partial charge in [-0.1, -0.05) is 27.2 Å². The second-order valence-electron chi connectivity index (χ2n) is 5.83. The molecule has 6 heteroatoms. The van der Waals surface area contributed by atoms with Gasteiger partial charge >= 0.3 is 12.0 Å². The molecular formula is C15H29N3O3. The maximum Gasteiger partial charge on any atom is 0.326 e. The van der Waals surface area contributed by atoms with Gasteiger partial charge < -0.3 is 20.6 Å². The fourth-order valence-electron chi connectivity index (χ4n) is 2.71. The van der Waals surface area contributed by atoms with E-state index in [2.05, 4.69) is 10.6 Å². The third-order valence-corrected chi connectivity index (χ3v) is 4.23. The highest BCUT2D eigenvalue weighted by molar-refractivity contribution is 5.83. The number of rotatable bonds is 7. The van der Waals surface area contributed by atoms with Crippen molar-refractivity contribution >= 4 is 12.0 Å². The van der Waals surface area contributed by atoms with E-state index in [0.717, 1.165) is 38.8 Å². The van der Waals surface area contributed by atoms with E-state index in [1.54, 1.807) is 0 Å². The molecule has 1 aliphatic heterocycles. The van der Waals surface area contributed by atoms with Crippen LogP contribution >= 0.6 is 0 Å². The van der Waals surface area contributed by atoms with Gasteiger partial charge in [0, 0.05) is 12.6 Å². The minimum Gasteiger partial charge on any atom is -0.480 e. The molecule has 6 nitrogen and oxygen atoms in total. The molecule has 0 spiro atoms. The second-order valence-corrected chi connectivity index (χ2v) is 5.83. The molecule has 122 valence electrons. The third-order valence-electron chi connectivity index (χ3n) is 4.23. The molecule has 21 heavy (non-hydrogen) atoms. The fourth-order valence-corrected chi connectivity index (χ4v) is 2.71. The number of aliphatic carboxylic acids is 1. The van der Waals surface area contributed by atoms with Gasteiger partial charge in [0.15, 0.2) is 0 Å². The van der Waals surface area contributed by atoms with Gasteiger partial charge in [-0.05, 0) is 38.3 Å². The molecular weight excluding hydrogens is 270 g/mol. The van der Waals surface area contributed by atoms with Crippen LogP contribution in [0.15, 0.2) is 0 Å². The van der Waals surface area contributed by atoms with E-state index in [4.69, 9.17) is 0 Å². The van der Waals surface area contributed by atoms with Crippen LogP contribution in [0.25, 0.3) is 0 Å². The number of carbonyl (C=O) groups is 2. The van der Waals surface area contributed by atoms with Crippen LogP contribution in [0.2, 0.25) is 0 Å².